The molecule has 2 aliphatic carbocycles. The number of hydrogen-bond donors (Lipinski definition) is 1. The van der Waals surface area contributed by atoms with E-state index >= 15 is 0 Å². The van der Waals surface area contributed by atoms with Gasteiger partial charge in [-0.15, -0.1) is 0 Å². The smallest absolute Gasteiger partial charge is 0.220 e. The van der Waals surface area contributed by atoms with Crippen LogP contribution in [-0.4, -0.2) is 11.9 Å². The standard InChI is InChI=1S/C14H25NO/c16-14(15-13-9-5-6-10-13)11-12-7-3-1-2-4-8-12/h12-13H,1-11H2,(H,15,16). The quantitative estimate of drug-likeness (QED) is 0.730. The van der Waals surface area contributed by atoms with E-state index in [9.17, 15) is 4.79 Å². The lowest BCUT2D eigenvalue weighted by Crippen LogP contribution is -2.33. The van der Waals surface area contributed by atoms with Crippen LogP contribution in [0.3, 0.4) is 0 Å². The van der Waals surface area contributed by atoms with E-state index < -0.39 is 0 Å². The first-order valence-electron chi connectivity index (χ1n) is 7.14. The molecule has 16 heavy (non-hydrogen) atoms. The van der Waals surface area contributed by atoms with Crippen molar-refractivity contribution in [1.82, 2.24) is 5.32 Å². The average molecular weight is 223 g/mol. The molecule has 2 aliphatic rings. The number of nitrogens with one attached hydrogen (secondary N) is 1. The van der Waals surface area contributed by atoms with E-state index in [4.69, 9.17) is 0 Å². The van der Waals surface area contributed by atoms with Crippen LogP contribution < -0.4 is 5.32 Å². The molecule has 0 aromatic heterocycles. The van der Waals surface area contributed by atoms with Gasteiger partial charge in [-0.2, -0.15) is 0 Å². The molecule has 2 rings (SSSR count). The Bertz CT molecular complexity index is 213. The lowest BCUT2D eigenvalue weighted by molar-refractivity contribution is -0.122. The molecule has 0 atom stereocenters. The average Bonchev–Trinajstić information content (AvgIpc) is 2.62. The highest BCUT2D eigenvalue weighted by Crippen LogP contribution is 2.25. The third kappa shape index (κ3) is 3.80. The highest BCUT2D eigenvalue weighted by Gasteiger charge is 2.20. The van der Waals surface area contributed by atoms with Crippen LogP contribution >= 0.6 is 0 Å². The Kier molecular flexibility index (Phi) is 4.68. The Morgan fingerprint density at radius 1 is 0.875 bits per heavy atom. The maximum absolute atomic E-state index is 11.9. The van der Waals surface area contributed by atoms with Crippen LogP contribution in [0.15, 0.2) is 0 Å². The Hall–Kier alpha value is -0.530. The number of carbonyl (C=O) groups is 1. The molecule has 0 heterocycles. The van der Waals surface area contributed by atoms with Crippen LogP contribution in [0.25, 0.3) is 0 Å². The van der Waals surface area contributed by atoms with Gasteiger partial charge in [0.15, 0.2) is 0 Å². The molecule has 0 radical (unpaired) electrons. The van der Waals surface area contributed by atoms with Crippen LogP contribution in [0.2, 0.25) is 0 Å². The van der Waals surface area contributed by atoms with Crippen LogP contribution in [0.5, 0.6) is 0 Å². The third-order valence-electron chi connectivity index (χ3n) is 4.17. The van der Waals surface area contributed by atoms with Crippen molar-refractivity contribution in [2.24, 2.45) is 5.92 Å². The van der Waals surface area contributed by atoms with E-state index in [0.29, 0.717) is 17.9 Å². The summed E-state index contributed by atoms with van der Waals surface area (Å²) in [7, 11) is 0. The molecule has 2 saturated carbocycles. The van der Waals surface area contributed by atoms with E-state index in [-0.39, 0.29) is 0 Å². The molecule has 0 aromatic carbocycles. The van der Waals surface area contributed by atoms with Gasteiger partial charge in [-0.25, -0.2) is 0 Å². The second kappa shape index (κ2) is 6.27. The van der Waals surface area contributed by atoms with Gasteiger partial charge in [0.2, 0.25) is 5.91 Å². The zero-order valence-corrected chi connectivity index (χ0v) is 10.3. The summed E-state index contributed by atoms with van der Waals surface area (Å²) in [5.74, 6) is 0.989. The summed E-state index contributed by atoms with van der Waals surface area (Å²) >= 11 is 0. The van der Waals surface area contributed by atoms with Gasteiger partial charge in [0, 0.05) is 12.5 Å². The number of hydrogen-bond acceptors (Lipinski definition) is 1. The van der Waals surface area contributed by atoms with Gasteiger partial charge in [-0.05, 0) is 31.6 Å². The largest absolute Gasteiger partial charge is 0.353 e. The molecule has 92 valence electrons. The van der Waals surface area contributed by atoms with Gasteiger partial charge in [-0.1, -0.05) is 38.5 Å². The van der Waals surface area contributed by atoms with Crippen molar-refractivity contribution in [3.05, 3.63) is 0 Å². The maximum Gasteiger partial charge on any atom is 0.220 e. The topological polar surface area (TPSA) is 29.1 Å². The molecule has 1 amide bonds. The summed E-state index contributed by atoms with van der Waals surface area (Å²) in [4.78, 5) is 11.9. The summed E-state index contributed by atoms with van der Waals surface area (Å²) in [6.07, 6.45) is 13.8. The fourth-order valence-corrected chi connectivity index (χ4v) is 3.19. The molecular formula is C14H25NO. The van der Waals surface area contributed by atoms with Gasteiger partial charge in [0.25, 0.3) is 0 Å². The molecule has 0 unspecified atom stereocenters. The lowest BCUT2D eigenvalue weighted by Gasteiger charge is -2.16. The van der Waals surface area contributed by atoms with Gasteiger partial charge in [0.1, 0.15) is 0 Å². The van der Waals surface area contributed by atoms with Crippen LogP contribution in [-0.2, 0) is 4.79 Å². The zero-order valence-electron chi connectivity index (χ0n) is 10.3. The van der Waals surface area contributed by atoms with Crippen molar-refractivity contribution >= 4 is 5.91 Å². The van der Waals surface area contributed by atoms with E-state index in [2.05, 4.69) is 5.32 Å². The monoisotopic (exact) mass is 223 g/mol. The van der Waals surface area contributed by atoms with Crippen molar-refractivity contribution in [3.8, 4) is 0 Å². The minimum Gasteiger partial charge on any atom is -0.353 e. The Labute approximate surface area is 99.2 Å². The predicted octanol–water partition coefficient (Wildman–Crippen LogP) is 3.41. The van der Waals surface area contributed by atoms with E-state index in [0.717, 1.165) is 6.42 Å². The molecule has 0 bridgehead atoms. The van der Waals surface area contributed by atoms with Crippen LogP contribution in [0.1, 0.15) is 70.6 Å². The van der Waals surface area contributed by atoms with Gasteiger partial charge in [-0.3, -0.25) is 4.79 Å². The minimum atomic E-state index is 0.318. The maximum atomic E-state index is 11.9. The molecule has 0 aromatic rings. The second-order valence-electron chi connectivity index (χ2n) is 5.61. The number of rotatable bonds is 3. The molecular weight excluding hydrogens is 198 g/mol. The van der Waals surface area contributed by atoms with E-state index in [1.54, 1.807) is 0 Å². The molecule has 2 nitrogen and oxygen atoms in total. The molecule has 0 spiro atoms. The number of carbonyl (C=O) groups excluding carboxylic acids is 1. The normalized spacial score (nSPS) is 24.2. The Morgan fingerprint density at radius 2 is 1.44 bits per heavy atom. The summed E-state index contributed by atoms with van der Waals surface area (Å²) in [6, 6.07) is 0.498. The Morgan fingerprint density at radius 3 is 2.06 bits per heavy atom. The highest BCUT2D eigenvalue weighted by molar-refractivity contribution is 5.76. The zero-order chi connectivity index (χ0) is 11.2. The van der Waals surface area contributed by atoms with Gasteiger partial charge >= 0.3 is 0 Å². The van der Waals surface area contributed by atoms with Crippen LogP contribution in [0.4, 0.5) is 0 Å². The summed E-state index contributed by atoms with van der Waals surface area (Å²) < 4.78 is 0. The summed E-state index contributed by atoms with van der Waals surface area (Å²) in [5, 5.41) is 3.21. The van der Waals surface area contributed by atoms with Gasteiger partial charge < -0.3 is 5.32 Å². The molecule has 2 fully saturated rings. The van der Waals surface area contributed by atoms with E-state index in [1.807, 2.05) is 0 Å². The lowest BCUT2D eigenvalue weighted by atomic mass is 9.96. The first-order chi connectivity index (χ1) is 7.84. The van der Waals surface area contributed by atoms with Crippen molar-refractivity contribution in [2.75, 3.05) is 0 Å². The first-order valence-corrected chi connectivity index (χ1v) is 7.14. The molecule has 0 aliphatic heterocycles. The predicted molar refractivity (Wildman–Crippen MR) is 66.2 cm³/mol. The fraction of sp³-hybridized carbons (Fsp3) is 0.929. The molecule has 1 N–H and O–H groups in total. The minimum absolute atomic E-state index is 0.318. The summed E-state index contributed by atoms with van der Waals surface area (Å²) in [5.41, 5.74) is 0. The molecule has 0 saturated heterocycles. The fourth-order valence-electron chi connectivity index (χ4n) is 3.19. The van der Waals surface area contributed by atoms with E-state index in [1.165, 1.54) is 64.2 Å². The van der Waals surface area contributed by atoms with Crippen molar-refractivity contribution in [1.29, 1.82) is 0 Å². The summed E-state index contributed by atoms with van der Waals surface area (Å²) in [6.45, 7) is 0. The van der Waals surface area contributed by atoms with Crippen molar-refractivity contribution < 1.29 is 4.79 Å². The van der Waals surface area contributed by atoms with Crippen molar-refractivity contribution in [2.45, 2.75) is 76.7 Å². The second-order valence-corrected chi connectivity index (χ2v) is 5.61. The van der Waals surface area contributed by atoms with Gasteiger partial charge in [0.05, 0.1) is 0 Å². The third-order valence-corrected chi connectivity index (χ3v) is 4.17. The highest BCUT2D eigenvalue weighted by atomic mass is 16.1. The Balaban J connectivity index is 1.68. The van der Waals surface area contributed by atoms with Crippen molar-refractivity contribution in [3.63, 3.8) is 0 Å². The molecule has 2 heteroatoms. The first kappa shape index (κ1) is 11.9. The number of amides is 1. The van der Waals surface area contributed by atoms with Crippen LogP contribution in [0, 0.1) is 5.92 Å². The SMILES string of the molecule is O=C(CC1CCCCCC1)NC1CCCC1.